The van der Waals surface area contributed by atoms with Crippen molar-refractivity contribution in [3.8, 4) is 5.75 Å². The molecule has 3 rings (SSSR count). The summed E-state index contributed by atoms with van der Waals surface area (Å²) < 4.78 is 30.9. The van der Waals surface area contributed by atoms with Crippen molar-refractivity contribution in [2.24, 2.45) is 0 Å². The lowest BCUT2D eigenvalue weighted by atomic mass is 10.0. The number of benzene rings is 3. The van der Waals surface area contributed by atoms with Crippen molar-refractivity contribution < 1.29 is 12.6 Å². The van der Waals surface area contributed by atoms with Crippen LogP contribution in [0.5, 0.6) is 5.75 Å². The van der Waals surface area contributed by atoms with Gasteiger partial charge in [0.05, 0.1) is 0 Å². The van der Waals surface area contributed by atoms with E-state index in [1.54, 1.807) is 30.3 Å². The molecule has 124 valence electrons. The highest BCUT2D eigenvalue weighted by molar-refractivity contribution is 7.87. The Balaban J connectivity index is 2.10. The SMILES string of the molecule is CCCCc1c(S(=O)(=O)Oc2ccccc2)ccc2ccccc12. The Hall–Kier alpha value is -2.33. The van der Waals surface area contributed by atoms with Gasteiger partial charge >= 0.3 is 10.1 Å². The molecule has 0 aliphatic carbocycles. The fourth-order valence-corrected chi connectivity index (χ4v) is 4.01. The van der Waals surface area contributed by atoms with Gasteiger partial charge in [-0.2, -0.15) is 8.42 Å². The van der Waals surface area contributed by atoms with Crippen LogP contribution in [-0.2, 0) is 16.5 Å². The minimum atomic E-state index is -3.87. The van der Waals surface area contributed by atoms with Gasteiger partial charge < -0.3 is 4.18 Å². The van der Waals surface area contributed by atoms with Crippen molar-refractivity contribution in [3.05, 3.63) is 72.3 Å². The number of unbranched alkanes of at least 4 members (excludes halogenated alkanes) is 1. The highest BCUT2D eigenvalue weighted by atomic mass is 32.2. The predicted octanol–water partition coefficient (Wildman–Crippen LogP) is 4.95. The van der Waals surface area contributed by atoms with Crippen molar-refractivity contribution >= 4 is 20.9 Å². The second kappa shape index (κ2) is 7.05. The Bertz CT molecular complexity index is 932. The van der Waals surface area contributed by atoms with Crippen LogP contribution in [0.25, 0.3) is 10.8 Å². The maximum absolute atomic E-state index is 12.8. The number of fused-ring (bicyclic) bond motifs is 1. The topological polar surface area (TPSA) is 43.4 Å². The van der Waals surface area contributed by atoms with E-state index < -0.39 is 10.1 Å². The average Bonchev–Trinajstić information content (AvgIpc) is 2.60. The monoisotopic (exact) mass is 340 g/mol. The maximum atomic E-state index is 12.8. The molecule has 3 aromatic carbocycles. The van der Waals surface area contributed by atoms with Gasteiger partial charge in [-0.1, -0.05) is 61.9 Å². The Morgan fingerprint density at radius 1 is 0.875 bits per heavy atom. The van der Waals surface area contributed by atoms with E-state index >= 15 is 0 Å². The fraction of sp³-hybridized carbons (Fsp3) is 0.200. The highest BCUT2D eigenvalue weighted by Gasteiger charge is 2.22. The predicted molar refractivity (Wildman–Crippen MR) is 96.8 cm³/mol. The van der Waals surface area contributed by atoms with E-state index in [0.29, 0.717) is 12.2 Å². The molecule has 0 heterocycles. The molecule has 0 amide bonds. The summed E-state index contributed by atoms with van der Waals surface area (Å²) in [5, 5.41) is 2.02. The van der Waals surface area contributed by atoms with Gasteiger partial charge in [0.15, 0.2) is 0 Å². The van der Waals surface area contributed by atoms with E-state index in [0.717, 1.165) is 29.2 Å². The summed E-state index contributed by atoms with van der Waals surface area (Å²) in [5.41, 5.74) is 0.839. The lowest BCUT2D eigenvalue weighted by Crippen LogP contribution is -2.12. The zero-order chi connectivity index (χ0) is 17.0. The summed E-state index contributed by atoms with van der Waals surface area (Å²) in [6, 6.07) is 20.0. The number of hydrogen-bond donors (Lipinski definition) is 0. The minimum absolute atomic E-state index is 0.263. The van der Waals surface area contributed by atoms with Crippen LogP contribution >= 0.6 is 0 Å². The summed E-state index contributed by atoms with van der Waals surface area (Å²) in [6.07, 6.45) is 2.65. The van der Waals surface area contributed by atoms with Crippen LogP contribution in [0, 0.1) is 0 Å². The molecule has 0 fully saturated rings. The Labute approximate surface area is 143 Å². The molecule has 24 heavy (non-hydrogen) atoms. The lowest BCUT2D eigenvalue weighted by molar-refractivity contribution is 0.485. The van der Waals surface area contributed by atoms with Crippen molar-refractivity contribution in [3.63, 3.8) is 0 Å². The molecule has 0 saturated heterocycles. The number of para-hydroxylation sites is 1. The van der Waals surface area contributed by atoms with Crippen LogP contribution in [0.3, 0.4) is 0 Å². The van der Waals surface area contributed by atoms with Gasteiger partial charge in [0.2, 0.25) is 0 Å². The zero-order valence-electron chi connectivity index (χ0n) is 13.6. The average molecular weight is 340 g/mol. The van der Waals surface area contributed by atoms with E-state index in [1.165, 1.54) is 0 Å². The standard InChI is InChI=1S/C20H20O3S/c1-2-3-12-19-18-13-8-7-9-16(18)14-15-20(19)24(21,22)23-17-10-5-4-6-11-17/h4-11,13-15H,2-3,12H2,1H3. The molecular weight excluding hydrogens is 320 g/mol. The molecule has 0 unspecified atom stereocenters. The Morgan fingerprint density at radius 3 is 2.33 bits per heavy atom. The van der Waals surface area contributed by atoms with Gasteiger partial charge in [-0.3, -0.25) is 0 Å². The summed E-state index contributed by atoms with van der Waals surface area (Å²) >= 11 is 0. The van der Waals surface area contributed by atoms with E-state index in [2.05, 4.69) is 6.92 Å². The number of rotatable bonds is 6. The molecule has 3 nitrogen and oxygen atoms in total. The van der Waals surface area contributed by atoms with Crippen molar-refractivity contribution in [2.45, 2.75) is 31.1 Å². The van der Waals surface area contributed by atoms with Crippen LogP contribution < -0.4 is 4.18 Å². The van der Waals surface area contributed by atoms with Gasteiger partial charge in [0, 0.05) is 0 Å². The van der Waals surface area contributed by atoms with E-state index in [1.807, 2.05) is 36.4 Å². The van der Waals surface area contributed by atoms with Gasteiger partial charge in [-0.05, 0) is 47.4 Å². The molecule has 0 aromatic heterocycles. The third-order valence-corrected chi connectivity index (χ3v) is 5.33. The lowest BCUT2D eigenvalue weighted by Gasteiger charge is -2.14. The van der Waals surface area contributed by atoms with E-state index in [9.17, 15) is 8.42 Å². The second-order valence-electron chi connectivity index (χ2n) is 5.72. The Kier molecular flexibility index (Phi) is 4.86. The van der Waals surface area contributed by atoms with Crippen LogP contribution in [0.1, 0.15) is 25.3 Å². The second-order valence-corrected chi connectivity index (χ2v) is 7.23. The molecule has 0 aliphatic heterocycles. The van der Waals surface area contributed by atoms with Crippen LogP contribution in [0.15, 0.2) is 71.6 Å². The van der Waals surface area contributed by atoms with Crippen LogP contribution in [0.2, 0.25) is 0 Å². The minimum Gasteiger partial charge on any atom is -0.379 e. The van der Waals surface area contributed by atoms with Gasteiger partial charge in [0.1, 0.15) is 10.6 Å². The Morgan fingerprint density at radius 2 is 1.58 bits per heavy atom. The molecule has 0 spiro atoms. The highest BCUT2D eigenvalue weighted by Crippen LogP contribution is 2.29. The third kappa shape index (κ3) is 3.44. The molecule has 0 atom stereocenters. The first kappa shape index (κ1) is 16.5. The first-order valence-electron chi connectivity index (χ1n) is 8.12. The molecule has 0 bridgehead atoms. The van der Waals surface area contributed by atoms with Crippen molar-refractivity contribution in [2.75, 3.05) is 0 Å². The number of hydrogen-bond acceptors (Lipinski definition) is 3. The molecule has 0 radical (unpaired) electrons. The maximum Gasteiger partial charge on any atom is 0.339 e. The first-order chi connectivity index (χ1) is 11.6. The third-order valence-electron chi connectivity index (χ3n) is 4.00. The van der Waals surface area contributed by atoms with Crippen molar-refractivity contribution in [1.82, 2.24) is 0 Å². The summed E-state index contributed by atoms with van der Waals surface area (Å²) in [5.74, 6) is 0.326. The largest absolute Gasteiger partial charge is 0.379 e. The molecule has 0 aliphatic rings. The fourth-order valence-electron chi connectivity index (χ4n) is 2.81. The van der Waals surface area contributed by atoms with E-state index in [-0.39, 0.29) is 4.90 Å². The summed E-state index contributed by atoms with van der Waals surface area (Å²) in [6.45, 7) is 2.10. The normalized spacial score (nSPS) is 11.5. The summed E-state index contributed by atoms with van der Waals surface area (Å²) in [4.78, 5) is 0.263. The quantitative estimate of drug-likeness (QED) is 0.596. The van der Waals surface area contributed by atoms with Crippen molar-refractivity contribution in [1.29, 1.82) is 0 Å². The van der Waals surface area contributed by atoms with E-state index in [4.69, 9.17) is 4.18 Å². The van der Waals surface area contributed by atoms with Crippen LogP contribution in [-0.4, -0.2) is 8.42 Å². The zero-order valence-corrected chi connectivity index (χ0v) is 14.4. The molecule has 0 saturated carbocycles. The molecule has 4 heteroatoms. The van der Waals surface area contributed by atoms with Crippen LogP contribution in [0.4, 0.5) is 0 Å². The molecular formula is C20H20O3S. The molecule has 0 N–H and O–H groups in total. The smallest absolute Gasteiger partial charge is 0.339 e. The summed E-state index contributed by atoms with van der Waals surface area (Å²) in [7, 11) is -3.87. The van der Waals surface area contributed by atoms with Gasteiger partial charge in [-0.25, -0.2) is 0 Å². The number of aryl methyl sites for hydroxylation is 1. The van der Waals surface area contributed by atoms with Gasteiger partial charge in [0.25, 0.3) is 0 Å². The van der Waals surface area contributed by atoms with Gasteiger partial charge in [-0.15, -0.1) is 0 Å². The first-order valence-corrected chi connectivity index (χ1v) is 9.53. The molecule has 3 aromatic rings.